The van der Waals surface area contributed by atoms with Gasteiger partial charge < -0.3 is 0 Å². The van der Waals surface area contributed by atoms with Gasteiger partial charge in [0.2, 0.25) is 0 Å². The van der Waals surface area contributed by atoms with Gasteiger partial charge in [-0.25, -0.2) is 0 Å². The molecular weight excluding hydrogens is 256 g/mol. The van der Waals surface area contributed by atoms with Crippen LogP contribution >= 0.6 is 0 Å². The number of rotatable bonds is 2. The molecule has 0 saturated heterocycles. The van der Waals surface area contributed by atoms with Crippen LogP contribution in [0.4, 0.5) is 0 Å². The summed E-state index contributed by atoms with van der Waals surface area (Å²) >= 11 is 0. The quantitative estimate of drug-likeness (QED) is 0.724. The predicted octanol–water partition coefficient (Wildman–Crippen LogP) is 4.75. The normalized spacial score (nSPS) is 16.3. The van der Waals surface area contributed by atoms with Crippen LogP contribution in [0.3, 0.4) is 0 Å². The largest absolute Gasteiger partial charge is 0.293 e. The molecule has 1 heteroatoms. The van der Waals surface area contributed by atoms with Crippen LogP contribution in [-0.2, 0) is 6.42 Å². The number of carbonyl (C=O) groups excluding carboxylic acids is 1. The first-order valence-corrected chi connectivity index (χ1v) is 7.62. The molecule has 0 heterocycles. The van der Waals surface area contributed by atoms with Gasteiger partial charge in [-0.1, -0.05) is 24.3 Å². The van der Waals surface area contributed by atoms with E-state index in [2.05, 4.69) is 52.8 Å². The molecule has 1 nitrogen and oxygen atoms in total. The van der Waals surface area contributed by atoms with Crippen LogP contribution in [0.5, 0.6) is 0 Å². The molecule has 1 aliphatic carbocycles. The van der Waals surface area contributed by atoms with E-state index in [0.717, 1.165) is 23.1 Å². The highest BCUT2D eigenvalue weighted by molar-refractivity contribution is 6.05. The summed E-state index contributed by atoms with van der Waals surface area (Å²) in [5, 5.41) is 0. The van der Waals surface area contributed by atoms with Crippen molar-refractivity contribution in [1.29, 1.82) is 0 Å². The summed E-state index contributed by atoms with van der Waals surface area (Å²) < 4.78 is 0. The lowest BCUT2D eigenvalue weighted by molar-refractivity contribution is 0.0947. The number of hydrogen-bond acceptors (Lipinski definition) is 1. The van der Waals surface area contributed by atoms with Crippen LogP contribution < -0.4 is 0 Å². The van der Waals surface area contributed by atoms with Crippen molar-refractivity contribution >= 4 is 5.78 Å². The third kappa shape index (κ3) is 1.95. The predicted molar refractivity (Wildman–Crippen MR) is 87.3 cm³/mol. The van der Waals surface area contributed by atoms with Crippen molar-refractivity contribution < 1.29 is 4.79 Å². The topological polar surface area (TPSA) is 17.1 Å². The molecule has 0 saturated carbocycles. The lowest BCUT2D eigenvalue weighted by Gasteiger charge is -2.30. The molecule has 2 aromatic carbocycles. The molecule has 0 aromatic heterocycles. The van der Waals surface area contributed by atoms with Crippen molar-refractivity contribution in [2.24, 2.45) is 0 Å². The first-order valence-electron chi connectivity index (χ1n) is 7.62. The van der Waals surface area contributed by atoms with Crippen LogP contribution in [0, 0.1) is 34.6 Å². The van der Waals surface area contributed by atoms with Gasteiger partial charge in [-0.05, 0) is 80.0 Å². The number of benzene rings is 2. The van der Waals surface area contributed by atoms with Crippen LogP contribution in [-0.4, -0.2) is 5.78 Å². The third-order valence-electron chi connectivity index (χ3n) is 5.42. The summed E-state index contributed by atoms with van der Waals surface area (Å²) in [5.74, 6) is 0.356. The van der Waals surface area contributed by atoms with E-state index in [9.17, 15) is 4.79 Å². The van der Waals surface area contributed by atoms with Gasteiger partial charge in [-0.3, -0.25) is 4.79 Å². The summed E-state index contributed by atoms with van der Waals surface area (Å²) in [5.41, 5.74) is 9.65. The molecule has 1 unspecified atom stereocenters. The minimum Gasteiger partial charge on any atom is -0.293 e. The molecule has 108 valence electrons. The van der Waals surface area contributed by atoms with E-state index >= 15 is 0 Å². The molecule has 0 aliphatic heterocycles. The molecule has 2 aromatic rings. The maximum Gasteiger partial charge on any atom is 0.171 e. The van der Waals surface area contributed by atoms with Crippen LogP contribution in [0.25, 0.3) is 0 Å². The minimum absolute atomic E-state index is 0.0557. The van der Waals surface area contributed by atoms with E-state index in [4.69, 9.17) is 0 Å². The van der Waals surface area contributed by atoms with Crippen molar-refractivity contribution in [1.82, 2.24) is 0 Å². The van der Waals surface area contributed by atoms with E-state index in [1.807, 2.05) is 6.07 Å². The molecule has 1 atom stereocenters. The number of hydrogen-bond donors (Lipinski definition) is 0. The Labute approximate surface area is 127 Å². The zero-order valence-corrected chi connectivity index (χ0v) is 13.5. The van der Waals surface area contributed by atoms with Gasteiger partial charge in [0, 0.05) is 5.56 Å². The Bertz CT molecular complexity index is 724. The Morgan fingerprint density at radius 3 is 1.95 bits per heavy atom. The Morgan fingerprint density at radius 2 is 1.38 bits per heavy atom. The Morgan fingerprint density at radius 1 is 0.857 bits per heavy atom. The van der Waals surface area contributed by atoms with Crippen molar-refractivity contribution in [3.05, 3.63) is 68.8 Å². The lowest BCUT2D eigenvalue weighted by Crippen LogP contribution is -2.27. The minimum atomic E-state index is 0.0557. The van der Waals surface area contributed by atoms with Crippen LogP contribution in [0.2, 0.25) is 0 Å². The second kappa shape index (κ2) is 4.84. The van der Waals surface area contributed by atoms with E-state index < -0.39 is 0 Å². The molecular formula is C20H22O. The average Bonchev–Trinajstić information content (AvgIpc) is 2.44. The van der Waals surface area contributed by atoms with Gasteiger partial charge in [-0.15, -0.1) is 0 Å². The van der Waals surface area contributed by atoms with Gasteiger partial charge in [0.15, 0.2) is 5.78 Å². The van der Waals surface area contributed by atoms with Gasteiger partial charge in [0.05, 0.1) is 5.92 Å². The summed E-state index contributed by atoms with van der Waals surface area (Å²) in [7, 11) is 0. The van der Waals surface area contributed by atoms with Crippen molar-refractivity contribution in [3.8, 4) is 0 Å². The van der Waals surface area contributed by atoms with Gasteiger partial charge >= 0.3 is 0 Å². The first kappa shape index (κ1) is 14.1. The molecule has 0 radical (unpaired) electrons. The number of carbonyl (C=O) groups is 1. The molecule has 0 N–H and O–H groups in total. The highest BCUT2D eigenvalue weighted by Gasteiger charge is 2.34. The second-order valence-electron chi connectivity index (χ2n) is 6.32. The number of Topliss-reactive ketones (excluding diaryl/α,β-unsaturated/α-hetero) is 1. The number of fused-ring (bicyclic) bond motifs is 1. The molecule has 0 amide bonds. The van der Waals surface area contributed by atoms with Gasteiger partial charge in [0.25, 0.3) is 0 Å². The molecule has 3 rings (SSSR count). The maximum absolute atomic E-state index is 13.0. The van der Waals surface area contributed by atoms with Crippen LogP contribution in [0.1, 0.15) is 55.2 Å². The molecule has 21 heavy (non-hydrogen) atoms. The molecule has 0 bridgehead atoms. The summed E-state index contributed by atoms with van der Waals surface area (Å²) in [6.07, 6.45) is 0.889. The van der Waals surface area contributed by atoms with Crippen molar-refractivity contribution in [2.45, 2.75) is 47.0 Å². The third-order valence-corrected chi connectivity index (χ3v) is 5.42. The zero-order valence-electron chi connectivity index (χ0n) is 13.5. The highest BCUT2D eigenvalue weighted by Crippen LogP contribution is 2.39. The van der Waals surface area contributed by atoms with Crippen molar-refractivity contribution in [2.75, 3.05) is 0 Å². The molecule has 0 spiro atoms. The zero-order chi connectivity index (χ0) is 15.3. The Kier molecular flexibility index (Phi) is 3.24. The van der Waals surface area contributed by atoms with E-state index in [-0.39, 0.29) is 5.92 Å². The second-order valence-corrected chi connectivity index (χ2v) is 6.32. The SMILES string of the molecule is Cc1c(C)c(C)c(C(=O)C2Cc3ccccc32)c(C)c1C. The lowest BCUT2D eigenvalue weighted by atomic mass is 9.72. The summed E-state index contributed by atoms with van der Waals surface area (Å²) in [6.45, 7) is 10.6. The first-order chi connectivity index (χ1) is 9.93. The van der Waals surface area contributed by atoms with Gasteiger partial charge in [0.1, 0.15) is 0 Å². The van der Waals surface area contributed by atoms with Crippen molar-refractivity contribution in [3.63, 3.8) is 0 Å². The van der Waals surface area contributed by atoms with Gasteiger partial charge in [-0.2, -0.15) is 0 Å². The fourth-order valence-electron chi connectivity index (χ4n) is 3.54. The standard InChI is InChI=1S/C20H22O/c1-11-12(2)14(4)19(15(5)13(11)3)20(21)18-10-16-8-6-7-9-17(16)18/h6-9,18H,10H2,1-5H3. The maximum atomic E-state index is 13.0. The monoisotopic (exact) mass is 278 g/mol. The summed E-state index contributed by atoms with van der Waals surface area (Å²) in [6, 6.07) is 8.31. The van der Waals surface area contributed by atoms with E-state index in [0.29, 0.717) is 5.78 Å². The van der Waals surface area contributed by atoms with E-state index in [1.54, 1.807) is 0 Å². The number of ketones is 1. The Hall–Kier alpha value is -1.89. The van der Waals surface area contributed by atoms with E-state index in [1.165, 1.54) is 27.8 Å². The highest BCUT2D eigenvalue weighted by atomic mass is 16.1. The average molecular weight is 278 g/mol. The molecule has 0 fully saturated rings. The smallest absolute Gasteiger partial charge is 0.171 e. The molecule has 1 aliphatic rings. The summed E-state index contributed by atoms with van der Waals surface area (Å²) in [4.78, 5) is 13.0. The fourth-order valence-corrected chi connectivity index (χ4v) is 3.54. The Balaban J connectivity index is 2.09. The van der Waals surface area contributed by atoms with Crippen LogP contribution in [0.15, 0.2) is 24.3 Å². The fraction of sp³-hybridized carbons (Fsp3) is 0.350.